The van der Waals surface area contributed by atoms with Gasteiger partial charge in [-0.3, -0.25) is 0 Å². The molecule has 0 aliphatic carbocycles. The Labute approximate surface area is 285 Å². The Kier molecular flexibility index (Phi) is 17.5. The number of carboxylic acid groups (broad SMARTS) is 8. The maximum Gasteiger partial charge on any atom is 3.00 e. The van der Waals surface area contributed by atoms with Crippen LogP contribution >= 0.6 is 0 Å². The fourth-order valence-electron chi connectivity index (χ4n) is 3.40. The number of carboxylic acids is 8. The van der Waals surface area contributed by atoms with Gasteiger partial charge in [-0.1, -0.05) is 66.7 Å². The van der Waals surface area contributed by atoms with Crippen LogP contribution in [-0.4, -0.2) is 90.6 Å². The summed E-state index contributed by atoms with van der Waals surface area (Å²) in [7, 11) is 0. The van der Waals surface area contributed by atoms with Crippen molar-refractivity contribution in [2.45, 2.75) is 0 Å². The van der Waals surface area contributed by atoms with Crippen LogP contribution in [0, 0.1) is 0 Å². The van der Waals surface area contributed by atoms with Gasteiger partial charge in [0.15, 0.2) is 0 Å². The number of aromatic carboxylic acids is 8. The van der Waals surface area contributed by atoms with Crippen LogP contribution in [-0.2, 0) is 0 Å². The van der Waals surface area contributed by atoms with E-state index in [0.717, 1.165) is 12.1 Å². The fraction of sp³-hybridized carbons (Fsp3) is 0. The first kappa shape index (κ1) is 42.2. The van der Waals surface area contributed by atoms with Crippen molar-refractivity contribution in [1.82, 2.24) is 0 Å². The molecule has 0 spiro atoms. The Hall–Kier alpha value is -6.83. The van der Waals surface area contributed by atoms with E-state index >= 15 is 0 Å². The van der Waals surface area contributed by atoms with E-state index in [1.54, 1.807) is 0 Å². The van der Waals surface area contributed by atoms with Crippen LogP contribution in [0.2, 0.25) is 0 Å². The molecule has 4 rings (SSSR count). The fourth-order valence-corrected chi connectivity index (χ4v) is 3.40. The van der Waals surface area contributed by atoms with Gasteiger partial charge in [0.05, 0.1) is 45.7 Å². The number of hydrogen-bond acceptors (Lipinski definition) is 11. The van der Waals surface area contributed by atoms with E-state index in [9.17, 15) is 53.7 Å². The second-order valence-electron chi connectivity index (χ2n) is 8.57. The molecule has 0 heterocycles. The Bertz CT molecular complexity index is 1460. The molecular formula is C32H21AlO16. The van der Waals surface area contributed by atoms with E-state index in [1.165, 1.54) is 84.9 Å². The molecule has 4 aromatic rings. The number of carbonyl (C=O) groups excluding carboxylic acids is 3. The molecular weight excluding hydrogens is 667 g/mol. The second-order valence-corrected chi connectivity index (χ2v) is 8.57. The molecule has 4 aromatic carbocycles. The third-order valence-electron chi connectivity index (χ3n) is 5.52. The molecule has 0 radical (unpaired) electrons. The largest absolute Gasteiger partial charge is 3.00 e. The summed E-state index contributed by atoms with van der Waals surface area (Å²) in [6, 6.07) is 21.4. The number of rotatable bonds is 8. The van der Waals surface area contributed by atoms with Crippen molar-refractivity contribution in [2.24, 2.45) is 0 Å². The first-order valence-corrected chi connectivity index (χ1v) is 12.7. The second kappa shape index (κ2) is 20.3. The summed E-state index contributed by atoms with van der Waals surface area (Å²) < 4.78 is 0. The summed E-state index contributed by atoms with van der Waals surface area (Å²) in [5.74, 6) is -10.7. The zero-order chi connectivity index (χ0) is 36.6. The summed E-state index contributed by atoms with van der Waals surface area (Å²) in [4.78, 5) is 83.3. The van der Waals surface area contributed by atoms with Crippen molar-refractivity contribution < 1.29 is 79.2 Å². The van der Waals surface area contributed by atoms with Gasteiger partial charge in [0.2, 0.25) is 0 Å². The third kappa shape index (κ3) is 13.2. The Morgan fingerprint density at radius 2 is 0.429 bits per heavy atom. The summed E-state index contributed by atoms with van der Waals surface area (Å²) in [5, 5.41) is 73.7. The molecule has 0 saturated heterocycles. The average molecular weight is 688 g/mol. The molecule has 248 valence electrons. The Balaban J connectivity index is 0.000000623. The van der Waals surface area contributed by atoms with E-state index in [0.29, 0.717) is 0 Å². The number of benzene rings is 4. The normalized spacial score (nSPS) is 9.14. The van der Waals surface area contributed by atoms with Gasteiger partial charge in [-0.2, -0.15) is 0 Å². The van der Waals surface area contributed by atoms with Crippen LogP contribution in [0.1, 0.15) is 82.9 Å². The van der Waals surface area contributed by atoms with Crippen LogP contribution in [0.15, 0.2) is 97.1 Å². The van der Waals surface area contributed by atoms with Gasteiger partial charge in [-0.15, -0.1) is 0 Å². The Morgan fingerprint density at radius 3 is 0.551 bits per heavy atom. The zero-order valence-electron chi connectivity index (χ0n) is 24.5. The zero-order valence-corrected chi connectivity index (χ0v) is 25.7. The smallest absolute Gasteiger partial charge is 0.545 e. The van der Waals surface area contributed by atoms with Crippen LogP contribution < -0.4 is 15.3 Å². The van der Waals surface area contributed by atoms with E-state index in [4.69, 9.17) is 25.5 Å². The number of hydrogen-bond donors (Lipinski definition) is 5. The van der Waals surface area contributed by atoms with Crippen molar-refractivity contribution in [3.8, 4) is 0 Å². The van der Waals surface area contributed by atoms with E-state index in [2.05, 4.69) is 0 Å². The van der Waals surface area contributed by atoms with Gasteiger partial charge in [0.25, 0.3) is 0 Å². The predicted octanol–water partition coefficient (Wildman–Crippen LogP) is -0.0529. The summed E-state index contributed by atoms with van der Waals surface area (Å²) in [6.07, 6.45) is 0. The minimum Gasteiger partial charge on any atom is -0.545 e. The van der Waals surface area contributed by atoms with Crippen LogP contribution in [0.4, 0.5) is 0 Å². The molecule has 0 amide bonds. The molecule has 0 bridgehead atoms. The molecule has 0 atom stereocenters. The number of carbonyl (C=O) groups is 8. The molecule has 0 unspecified atom stereocenters. The minimum atomic E-state index is -1.52. The van der Waals surface area contributed by atoms with Gasteiger partial charge in [0, 0.05) is 16.7 Å². The van der Waals surface area contributed by atoms with Crippen LogP contribution in [0.5, 0.6) is 0 Å². The first-order valence-electron chi connectivity index (χ1n) is 12.7. The maximum absolute atomic E-state index is 10.5. The summed E-state index contributed by atoms with van der Waals surface area (Å²) >= 11 is 0. The van der Waals surface area contributed by atoms with Gasteiger partial charge in [-0.25, -0.2) is 24.0 Å². The molecule has 0 fully saturated rings. The van der Waals surface area contributed by atoms with Crippen LogP contribution in [0.25, 0.3) is 0 Å². The molecule has 0 saturated carbocycles. The van der Waals surface area contributed by atoms with Crippen molar-refractivity contribution in [2.75, 3.05) is 0 Å². The van der Waals surface area contributed by atoms with Crippen molar-refractivity contribution in [3.63, 3.8) is 0 Å². The van der Waals surface area contributed by atoms with E-state index in [1.807, 2.05) is 0 Å². The van der Waals surface area contributed by atoms with Crippen molar-refractivity contribution in [3.05, 3.63) is 142 Å². The topological polar surface area (TPSA) is 307 Å². The predicted molar refractivity (Wildman–Crippen MR) is 159 cm³/mol. The first-order chi connectivity index (χ1) is 22.5. The van der Waals surface area contributed by atoms with Gasteiger partial charge >= 0.3 is 47.2 Å². The quantitative estimate of drug-likeness (QED) is 0.151. The van der Waals surface area contributed by atoms with E-state index < -0.39 is 47.8 Å². The monoisotopic (exact) mass is 688 g/mol. The molecule has 16 nitrogen and oxygen atoms in total. The van der Waals surface area contributed by atoms with Crippen LogP contribution in [0.3, 0.4) is 0 Å². The van der Waals surface area contributed by atoms with Crippen molar-refractivity contribution >= 4 is 65.1 Å². The third-order valence-corrected chi connectivity index (χ3v) is 5.52. The molecule has 5 N–H and O–H groups in total. The summed E-state index contributed by atoms with van der Waals surface area (Å²) in [6.45, 7) is 0. The molecule has 0 aliphatic rings. The minimum absolute atomic E-state index is 0. The molecule has 17 heteroatoms. The SMILES string of the molecule is O=C(O)c1ccccc1C(=O)O.O=C(O)c1ccccc1C(=O)O.O=C([O-])c1ccccc1C(=O)O.O=C([O-])c1ccccc1C(=O)[O-].[Al+3]. The van der Waals surface area contributed by atoms with Crippen molar-refractivity contribution in [1.29, 1.82) is 0 Å². The van der Waals surface area contributed by atoms with Gasteiger partial charge in [0.1, 0.15) is 0 Å². The maximum atomic E-state index is 10.5. The molecule has 0 aromatic heterocycles. The van der Waals surface area contributed by atoms with Gasteiger partial charge in [-0.05, 0) is 30.3 Å². The van der Waals surface area contributed by atoms with E-state index in [-0.39, 0.29) is 61.9 Å². The standard InChI is InChI=1S/4C8H6O4.Al/c4*9-7(10)5-3-1-2-4-6(5)8(11)12;/h4*1-4H,(H,9,10)(H,11,12);/q;;;;+3/p-3. The average Bonchev–Trinajstić information content (AvgIpc) is 3.05. The molecule has 0 aliphatic heterocycles. The summed E-state index contributed by atoms with van der Waals surface area (Å²) in [5.41, 5.74) is -2.04. The van der Waals surface area contributed by atoms with Gasteiger partial charge < -0.3 is 55.2 Å². The Morgan fingerprint density at radius 1 is 0.306 bits per heavy atom. The molecule has 49 heavy (non-hydrogen) atoms.